The number of hydrogen-bond donors (Lipinski definition) is 1. The minimum atomic E-state index is -0.0989. The van der Waals surface area contributed by atoms with Crippen LogP contribution in [0.1, 0.15) is 24.0 Å². The minimum Gasteiger partial charge on any atom is -0.347 e. The van der Waals surface area contributed by atoms with E-state index in [1.54, 1.807) is 0 Å². The third kappa shape index (κ3) is 4.09. The summed E-state index contributed by atoms with van der Waals surface area (Å²) in [5.74, 6) is -0.0757. The van der Waals surface area contributed by atoms with Gasteiger partial charge in [0.25, 0.3) is 0 Å². The number of hydrogen-bond acceptors (Lipinski definition) is 2. The second-order valence-corrected chi connectivity index (χ2v) is 5.03. The van der Waals surface area contributed by atoms with Crippen molar-refractivity contribution < 1.29 is 9.59 Å². The Morgan fingerprint density at radius 1 is 1.26 bits per heavy atom. The maximum absolute atomic E-state index is 11.8. The molecule has 1 aliphatic heterocycles. The fourth-order valence-corrected chi connectivity index (χ4v) is 2.32. The first-order valence-electron chi connectivity index (χ1n) is 6.75. The topological polar surface area (TPSA) is 49.4 Å². The summed E-state index contributed by atoms with van der Waals surface area (Å²) in [6.45, 7) is 3.77. The van der Waals surface area contributed by atoms with Gasteiger partial charge in [-0.15, -0.1) is 0 Å². The normalized spacial score (nSPS) is 14.5. The number of benzene rings is 1. The van der Waals surface area contributed by atoms with Crippen molar-refractivity contribution in [1.29, 1.82) is 0 Å². The predicted octanol–water partition coefficient (Wildman–Crippen LogP) is 1.28. The molecule has 0 atom stereocenters. The summed E-state index contributed by atoms with van der Waals surface area (Å²) in [7, 11) is 0. The second-order valence-electron chi connectivity index (χ2n) is 5.03. The zero-order valence-corrected chi connectivity index (χ0v) is 11.3. The third-order valence-corrected chi connectivity index (χ3v) is 3.34. The molecule has 0 radical (unpaired) electrons. The van der Waals surface area contributed by atoms with Gasteiger partial charge in [-0.25, -0.2) is 0 Å². The molecule has 1 N–H and O–H groups in total. The number of carbonyl (C=O) groups excluding carboxylic acids is 2. The second kappa shape index (κ2) is 6.36. The Morgan fingerprint density at radius 3 is 2.68 bits per heavy atom. The summed E-state index contributed by atoms with van der Waals surface area (Å²) in [6.07, 6.45) is 2.47. The number of nitrogens with one attached hydrogen (secondary N) is 1. The zero-order valence-electron chi connectivity index (χ0n) is 11.3. The maximum atomic E-state index is 11.8. The molecule has 1 aromatic carbocycles. The molecule has 1 aromatic rings. The van der Waals surface area contributed by atoms with Crippen LogP contribution >= 0.6 is 0 Å². The van der Waals surface area contributed by atoms with Crippen LogP contribution in [-0.4, -0.2) is 36.3 Å². The summed E-state index contributed by atoms with van der Waals surface area (Å²) in [6, 6.07) is 7.85. The summed E-state index contributed by atoms with van der Waals surface area (Å²) in [4.78, 5) is 25.3. The van der Waals surface area contributed by atoms with E-state index in [9.17, 15) is 9.59 Å². The van der Waals surface area contributed by atoms with E-state index < -0.39 is 0 Å². The first-order chi connectivity index (χ1) is 9.15. The Labute approximate surface area is 113 Å². The fourth-order valence-electron chi connectivity index (χ4n) is 2.32. The molecule has 0 aromatic heterocycles. The van der Waals surface area contributed by atoms with E-state index in [2.05, 4.69) is 5.32 Å². The van der Waals surface area contributed by atoms with Gasteiger partial charge < -0.3 is 10.2 Å². The molecule has 0 bridgehead atoms. The van der Waals surface area contributed by atoms with Crippen molar-refractivity contribution in [3.05, 3.63) is 35.4 Å². The Bertz CT molecular complexity index is 465. The van der Waals surface area contributed by atoms with Crippen LogP contribution in [0.25, 0.3) is 0 Å². The summed E-state index contributed by atoms with van der Waals surface area (Å²) in [5, 5.41) is 2.70. The van der Waals surface area contributed by atoms with Crippen molar-refractivity contribution >= 4 is 11.8 Å². The smallest absolute Gasteiger partial charge is 0.241 e. The molecule has 0 aliphatic carbocycles. The van der Waals surface area contributed by atoms with E-state index in [0.717, 1.165) is 37.1 Å². The molecule has 0 saturated carbocycles. The molecule has 1 heterocycles. The van der Waals surface area contributed by atoms with Crippen molar-refractivity contribution in [1.82, 2.24) is 10.2 Å². The molecular weight excluding hydrogens is 240 g/mol. The molecule has 19 heavy (non-hydrogen) atoms. The van der Waals surface area contributed by atoms with Gasteiger partial charge in [-0.05, 0) is 25.3 Å². The fraction of sp³-hybridized carbons (Fsp3) is 0.467. The molecule has 0 unspecified atom stereocenters. The van der Waals surface area contributed by atoms with Gasteiger partial charge in [-0.3, -0.25) is 9.59 Å². The van der Waals surface area contributed by atoms with E-state index >= 15 is 0 Å². The summed E-state index contributed by atoms with van der Waals surface area (Å²) >= 11 is 0. The summed E-state index contributed by atoms with van der Waals surface area (Å²) < 4.78 is 0. The molecule has 1 aliphatic rings. The van der Waals surface area contributed by atoms with Crippen molar-refractivity contribution in [2.24, 2.45) is 0 Å². The summed E-state index contributed by atoms with van der Waals surface area (Å²) in [5.41, 5.74) is 2.12. The number of rotatable bonds is 4. The molecule has 4 heteroatoms. The minimum absolute atomic E-state index is 0.0232. The van der Waals surface area contributed by atoms with Gasteiger partial charge in [0.1, 0.15) is 0 Å². The number of likely N-dealkylation sites (tertiary alicyclic amines) is 1. The predicted molar refractivity (Wildman–Crippen MR) is 73.7 cm³/mol. The quantitative estimate of drug-likeness (QED) is 0.886. The lowest BCUT2D eigenvalue weighted by Crippen LogP contribution is -2.39. The molecule has 4 nitrogen and oxygen atoms in total. The Balaban J connectivity index is 1.76. The van der Waals surface area contributed by atoms with E-state index in [1.807, 2.05) is 36.1 Å². The zero-order chi connectivity index (χ0) is 13.7. The van der Waals surface area contributed by atoms with Gasteiger partial charge in [0.2, 0.25) is 11.8 Å². The van der Waals surface area contributed by atoms with E-state index in [1.165, 1.54) is 0 Å². The number of aryl methyl sites for hydroxylation is 1. The van der Waals surface area contributed by atoms with Gasteiger partial charge in [0.05, 0.1) is 13.0 Å². The van der Waals surface area contributed by atoms with E-state index in [0.29, 0.717) is 6.42 Å². The van der Waals surface area contributed by atoms with Crippen LogP contribution in [0.5, 0.6) is 0 Å². The van der Waals surface area contributed by atoms with Crippen molar-refractivity contribution in [2.45, 2.75) is 26.2 Å². The largest absolute Gasteiger partial charge is 0.347 e. The van der Waals surface area contributed by atoms with Crippen molar-refractivity contribution in [2.75, 3.05) is 19.6 Å². The van der Waals surface area contributed by atoms with E-state index in [4.69, 9.17) is 0 Å². The molecule has 2 amide bonds. The first-order valence-corrected chi connectivity index (χ1v) is 6.75. The standard InChI is InChI=1S/C15H20N2O2/c1-12-5-4-6-13(9-12)10-14(18)16-11-15(19)17-7-2-3-8-17/h4-6,9H,2-3,7-8,10-11H2,1H3,(H,16,18). The van der Waals surface area contributed by atoms with Crippen LogP contribution in [0, 0.1) is 6.92 Å². The lowest BCUT2D eigenvalue weighted by Gasteiger charge is -2.15. The van der Waals surface area contributed by atoms with Crippen LogP contribution in [0.2, 0.25) is 0 Å². The van der Waals surface area contributed by atoms with Crippen molar-refractivity contribution in [3.63, 3.8) is 0 Å². The monoisotopic (exact) mass is 260 g/mol. The van der Waals surface area contributed by atoms with Crippen LogP contribution < -0.4 is 5.32 Å². The highest BCUT2D eigenvalue weighted by molar-refractivity contribution is 5.85. The number of amides is 2. The van der Waals surface area contributed by atoms with E-state index in [-0.39, 0.29) is 18.4 Å². The molecule has 1 saturated heterocycles. The van der Waals surface area contributed by atoms with Crippen LogP contribution in [0.15, 0.2) is 24.3 Å². The highest BCUT2D eigenvalue weighted by Gasteiger charge is 2.18. The average Bonchev–Trinajstić information content (AvgIpc) is 2.90. The van der Waals surface area contributed by atoms with Gasteiger partial charge in [-0.1, -0.05) is 29.8 Å². The molecule has 0 spiro atoms. The Kier molecular flexibility index (Phi) is 4.55. The average molecular weight is 260 g/mol. The molecule has 1 fully saturated rings. The number of carbonyl (C=O) groups is 2. The SMILES string of the molecule is Cc1cccc(CC(=O)NCC(=O)N2CCCC2)c1. The third-order valence-electron chi connectivity index (χ3n) is 3.34. The number of nitrogens with zero attached hydrogens (tertiary/aromatic N) is 1. The Morgan fingerprint density at radius 2 is 2.00 bits per heavy atom. The van der Waals surface area contributed by atoms with Crippen molar-refractivity contribution in [3.8, 4) is 0 Å². The highest BCUT2D eigenvalue weighted by atomic mass is 16.2. The molecule has 102 valence electrons. The molecule has 2 rings (SSSR count). The maximum Gasteiger partial charge on any atom is 0.241 e. The van der Waals surface area contributed by atoms with Crippen LogP contribution in [0.3, 0.4) is 0 Å². The van der Waals surface area contributed by atoms with Gasteiger partial charge in [0.15, 0.2) is 0 Å². The first kappa shape index (κ1) is 13.6. The van der Waals surface area contributed by atoms with Gasteiger partial charge in [-0.2, -0.15) is 0 Å². The van der Waals surface area contributed by atoms with Crippen LogP contribution in [0.4, 0.5) is 0 Å². The van der Waals surface area contributed by atoms with Gasteiger partial charge >= 0.3 is 0 Å². The molecular formula is C15H20N2O2. The lowest BCUT2D eigenvalue weighted by atomic mass is 10.1. The van der Waals surface area contributed by atoms with Crippen LogP contribution in [-0.2, 0) is 16.0 Å². The van der Waals surface area contributed by atoms with Gasteiger partial charge in [0, 0.05) is 13.1 Å². The Hall–Kier alpha value is -1.84. The lowest BCUT2D eigenvalue weighted by molar-refractivity contribution is -0.131. The highest BCUT2D eigenvalue weighted by Crippen LogP contribution is 2.07.